The molecule has 0 atom stereocenters. The van der Waals surface area contributed by atoms with Crippen LogP contribution in [0.5, 0.6) is 0 Å². The summed E-state index contributed by atoms with van der Waals surface area (Å²) in [5.41, 5.74) is 1.10. The second-order valence-corrected chi connectivity index (χ2v) is 4.97. The number of hydrogen-bond donors (Lipinski definition) is 0. The maximum atomic E-state index is 11.2. The average molecular weight is 503 g/mol. The molecule has 27 heavy (non-hydrogen) atoms. The first kappa shape index (κ1) is 29.9. The van der Waals surface area contributed by atoms with Gasteiger partial charge in [-0.3, -0.25) is 0 Å². The Morgan fingerprint density at radius 2 is 0.889 bits per heavy atom. The van der Waals surface area contributed by atoms with Crippen molar-refractivity contribution in [3.05, 3.63) is 84.6 Å². The van der Waals surface area contributed by atoms with E-state index in [1.165, 1.54) is 13.8 Å². The molecule has 2 aromatic rings. The summed E-state index contributed by atoms with van der Waals surface area (Å²) in [7, 11) is 0. The monoisotopic (exact) mass is 500 g/mol. The van der Waals surface area contributed by atoms with Crippen LogP contribution in [-0.4, -0.2) is 28.6 Å². The van der Waals surface area contributed by atoms with Crippen LogP contribution in [0.15, 0.2) is 60.7 Å². The molecular formula is C20H22NdO6+. The predicted octanol–water partition coefficient (Wildman–Crippen LogP) is 2.23. The molecule has 0 fully saturated rings. The molecule has 0 aliphatic carbocycles. The standard InChI is InChI=1S/2C10H9O2.Nd.2H2O/c2*1-8(11)7-10(12)9-5-3-2-4-6-9;;;/h2*2-7H,1H3;;2*1H2/q2*-1;+3;;. The van der Waals surface area contributed by atoms with Crippen LogP contribution in [0.4, 0.5) is 0 Å². The number of carbonyl (C=O) groups excluding carboxylic acids is 4. The zero-order chi connectivity index (χ0) is 17.9. The van der Waals surface area contributed by atoms with Crippen molar-refractivity contribution in [1.29, 1.82) is 0 Å². The minimum atomic E-state index is -0.233. The second-order valence-electron chi connectivity index (χ2n) is 4.97. The average Bonchev–Trinajstić information content (AvgIpc) is 2.56. The summed E-state index contributed by atoms with van der Waals surface area (Å²) in [4.78, 5) is 43.5. The van der Waals surface area contributed by atoms with Gasteiger partial charge in [-0.25, -0.2) is 0 Å². The fourth-order valence-corrected chi connectivity index (χ4v) is 1.74. The van der Waals surface area contributed by atoms with Crippen LogP contribution >= 0.6 is 0 Å². The van der Waals surface area contributed by atoms with Crippen molar-refractivity contribution < 1.29 is 71.0 Å². The molecule has 7 heteroatoms. The Morgan fingerprint density at radius 3 is 1.11 bits per heavy atom. The number of Topliss-reactive ketones (excluding diaryl/α,β-unsaturated/α-hetero) is 4. The van der Waals surface area contributed by atoms with Gasteiger partial charge in [0.2, 0.25) is 0 Å². The first-order chi connectivity index (χ1) is 11.4. The third-order valence-corrected chi connectivity index (χ3v) is 2.79. The molecule has 0 unspecified atom stereocenters. The minimum Gasteiger partial charge on any atom is -0.870 e. The van der Waals surface area contributed by atoms with E-state index in [4.69, 9.17) is 0 Å². The number of ketones is 4. The van der Waals surface area contributed by atoms with Gasteiger partial charge in [0.15, 0.2) is 0 Å². The molecular weight excluding hydrogens is 480 g/mol. The van der Waals surface area contributed by atoms with E-state index in [9.17, 15) is 19.2 Å². The third kappa shape index (κ3) is 13.0. The van der Waals surface area contributed by atoms with Crippen molar-refractivity contribution in [1.82, 2.24) is 0 Å². The molecule has 0 bridgehead atoms. The molecule has 2 aromatic carbocycles. The van der Waals surface area contributed by atoms with Gasteiger partial charge in [-0.15, -0.1) is 48.2 Å². The van der Waals surface area contributed by atoms with E-state index in [1.54, 1.807) is 48.5 Å². The Balaban J connectivity index is -0.000000384. The van der Waals surface area contributed by atoms with Crippen molar-refractivity contribution in [3.63, 3.8) is 0 Å². The topological polar surface area (TPSA) is 131 Å². The van der Waals surface area contributed by atoms with Gasteiger partial charge in [0, 0.05) is 11.6 Å². The van der Waals surface area contributed by atoms with Crippen molar-refractivity contribution in [2.45, 2.75) is 13.8 Å². The van der Waals surface area contributed by atoms with Crippen LogP contribution in [0.3, 0.4) is 0 Å². The van der Waals surface area contributed by atoms with Gasteiger partial charge < -0.3 is 30.1 Å². The Kier molecular flexibility index (Phi) is 18.1. The van der Waals surface area contributed by atoms with Crippen LogP contribution in [0, 0.1) is 53.7 Å². The summed E-state index contributed by atoms with van der Waals surface area (Å²) in [6.45, 7) is 2.72. The van der Waals surface area contributed by atoms with Crippen LogP contribution in [-0.2, 0) is 15.1 Å². The summed E-state index contributed by atoms with van der Waals surface area (Å²) < 4.78 is 0. The van der Waals surface area contributed by atoms with Gasteiger partial charge in [0.1, 0.15) is 0 Å². The Bertz CT molecular complexity index is 650. The molecule has 0 aliphatic rings. The molecule has 141 valence electrons. The van der Waals surface area contributed by atoms with Gasteiger partial charge in [-0.2, -0.15) is 0 Å². The smallest absolute Gasteiger partial charge is 0.870 e. The molecule has 0 saturated carbocycles. The van der Waals surface area contributed by atoms with Crippen LogP contribution in [0.1, 0.15) is 34.6 Å². The number of rotatable bonds is 6. The molecule has 1 radical (unpaired) electrons. The summed E-state index contributed by atoms with van der Waals surface area (Å²) in [5, 5.41) is 0. The molecule has 0 saturated heterocycles. The summed E-state index contributed by atoms with van der Waals surface area (Å²) in [6, 6.07) is 17.4. The largest absolute Gasteiger partial charge is 3.00 e. The molecule has 2 rings (SSSR count). The zero-order valence-corrected chi connectivity index (χ0v) is 18.3. The van der Waals surface area contributed by atoms with Crippen LogP contribution in [0.2, 0.25) is 0 Å². The fourth-order valence-electron chi connectivity index (χ4n) is 1.74. The van der Waals surface area contributed by atoms with E-state index in [0.29, 0.717) is 11.1 Å². The normalized spacial score (nSPS) is 8.07. The minimum absolute atomic E-state index is 0. The van der Waals surface area contributed by atoms with Gasteiger partial charge in [0.25, 0.3) is 0 Å². The van der Waals surface area contributed by atoms with Gasteiger partial charge >= 0.3 is 40.8 Å². The first-order valence-electron chi connectivity index (χ1n) is 7.29. The van der Waals surface area contributed by atoms with E-state index in [0.717, 1.165) is 12.8 Å². The maximum absolute atomic E-state index is 11.2. The summed E-state index contributed by atoms with van der Waals surface area (Å²) in [6.07, 6.45) is 2.19. The van der Waals surface area contributed by atoms with E-state index in [-0.39, 0.29) is 74.9 Å². The molecule has 0 amide bonds. The van der Waals surface area contributed by atoms with Crippen LogP contribution < -0.4 is 0 Å². The zero-order valence-electron chi connectivity index (χ0n) is 15.1. The van der Waals surface area contributed by atoms with Gasteiger partial charge in [-0.05, 0) is 13.8 Å². The van der Waals surface area contributed by atoms with Crippen LogP contribution in [0.25, 0.3) is 0 Å². The Labute approximate surface area is 191 Å². The number of hydrogen-bond acceptors (Lipinski definition) is 5. The van der Waals surface area contributed by atoms with E-state index < -0.39 is 0 Å². The number of benzene rings is 2. The second kappa shape index (κ2) is 16.3. The molecule has 6 nitrogen and oxygen atoms in total. The van der Waals surface area contributed by atoms with Crippen molar-refractivity contribution >= 4 is 23.1 Å². The SMILES string of the molecule is CC(=O)[CH-]C(=O)c1ccccc1.CC(=O)[CH-]C(=O)c1ccccc1.[Nd+3].[OH-].[OH3+]. The predicted molar refractivity (Wildman–Crippen MR) is 98.3 cm³/mol. The quantitative estimate of drug-likeness (QED) is 0.259. The van der Waals surface area contributed by atoms with Crippen molar-refractivity contribution in [3.8, 4) is 0 Å². The van der Waals surface area contributed by atoms with Crippen molar-refractivity contribution in [2.24, 2.45) is 0 Å². The van der Waals surface area contributed by atoms with E-state index >= 15 is 0 Å². The number of carbonyl (C=O) groups is 4. The summed E-state index contributed by atoms with van der Waals surface area (Å²) in [5.74, 6) is -0.904. The van der Waals surface area contributed by atoms with E-state index in [2.05, 4.69) is 0 Å². The fraction of sp³-hybridized carbons (Fsp3) is 0.100. The molecule has 4 N–H and O–H groups in total. The molecule has 0 aliphatic heterocycles. The van der Waals surface area contributed by atoms with Crippen molar-refractivity contribution in [2.75, 3.05) is 0 Å². The van der Waals surface area contributed by atoms with E-state index in [1.807, 2.05) is 12.1 Å². The summed E-state index contributed by atoms with van der Waals surface area (Å²) >= 11 is 0. The molecule has 0 aromatic heterocycles. The third-order valence-electron chi connectivity index (χ3n) is 2.79. The Hall–Kier alpha value is -1.87. The molecule has 0 spiro atoms. The maximum Gasteiger partial charge on any atom is 3.00 e. The van der Waals surface area contributed by atoms with Gasteiger partial charge in [-0.1, -0.05) is 36.4 Å². The van der Waals surface area contributed by atoms with Gasteiger partial charge in [0.05, 0.1) is 11.6 Å². The first-order valence-corrected chi connectivity index (χ1v) is 7.29. The molecule has 0 heterocycles. The Morgan fingerprint density at radius 1 is 0.630 bits per heavy atom.